The molecule has 3 rings (SSSR count). The molecule has 0 amide bonds. The van der Waals surface area contributed by atoms with E-state index in [-0.39, 0.29) is 21.2 Å². The molecule has 0 unspecified atom stereocenters. The predicted octanol–water partition coefficient (Wildman–Crippen LogP) is 4.02. The van der Waals surface area contributed by atoms with Gasteiger partial charge in [0.1, 0.15) is 11.5 Å². The quantitative estimate of drug-likeness (QED) is 0.467. The van der Waals surface area contributed by atoms with Crippen LogP contribution in [0.3, 0.4) is 0 Å². The molecule has 0 radical (unpaired) electrons. The fourth-order valence-corrected chi connectivity index (χ4v) is 5.99. The number of hydrogen-bond acceptors (Lipinski definition) is 6. The van der Waals surface area contributed by atoms with Crippen LogP contribution in [0.2, 0.25) is 5.02 Å². The monoisotopic (exact) mass is 509 g/mol. The van der Waals surface area contributed by atoms with Crippen LogP contribution in [-0.2, 0) is 26.3 Å². The summed E-state index contributed by atoms with van der Waals surface area (Å²) in [5, 5.41) is 0.402. The first-order valence-corrected chi connectivity index (χ1v) is 13.2. The number of halogens is 1. The number of nitrogens with one attached hydrogen (secondary N) is 1. The highest BCUT2D eigenvalue weighted by Gasteiger charge is 2.23. The summed E-state index contributed by atoms with van der Waals surface area (Å²) in [5.41, 5.74) is 1.25. The Bertz CT molecular complexity index is 1330. The molecule has 0 spiro atoms. The Hall–Kier alpha value is -2.59. The predicted molar refractivity (Wildman–Crippen MR) is 127 cm³/mol. The number of benzene rings is 3. The lowest BCUT2D eigenvalue weighted by Gasteiger charge is -2.13. The van der Waals surface area contributed by atoms with Gasteiger partial charge in [0.05, 0.1) is 28.9 Å². The van der Waals surface area contributed by atoms with Gasteiger partial charge in [0, 0.05) is 17.6 Å². The SMILES string of the molecule is COc1cc(CCNS(=O)(=O)c2cc(S(=O)(=O)c3ccc(Cl)cc3)ccc2C)cc(OC)c1. The first-order valence-electron chi connectivity index (χ1n) is 9.90. The van der Waals surface area contributed by atoms with Gasteiger partial charge in [0.15, 0.2) is 0 Å². The minimum Gasteiger partial charge on any atom is -0.497 e. The van der Waals surface area contributed by atoms with Crippen LogP contribution in [0.15, 0.2) is 75.4 Å². The van der Waals surface area contributed by atoms with E-state index >= 15 is 0 Å². The Labute approximate surface area is 199 Å². The standard InChI is InChI=1S/C23H24ClNO6S2/c1-16-4-7-22(32(26,27)21-8-5-18(24)6-9-21)15-23(16)33(28,29)25-11-10-17-12-19(30-2)14-20(13-17)31-3/h4-9,12-15,25H,10-11H2,1-3H3. The molecule has 0 fully saturated rings. The van der Waals surface area contributed by atoms with Crippen molar-refractivity contribution in [2.24, 2.45) is 0 Å². The largest absolute Gasteiger partial charge is 0.497 e. The lowest BCUT2D eigenvalue weighted by molar-refractivity contribution is 0.393. The van der Waals surface area contributed by atoms with Gasteiger partial charge in [0.2, 0.25) is 19.9 Å². The number of aryl methyl sites for hydroxylation is 1. The molecule has 0 aliphatic carbocycles. The molecule has 0 atom stereocenters. The molecule has 1 N–H and O–H groups in total. The molecule has 3 aromatic rings. The Kier molecular flexibility index (Phi) is 7.69. The molecule has 3 aromatic carbocycles. The van der Waals surface area contributed by atoms with Gasteiger partial charge in [-0.3, -0.25) is 0 Å². The summed E-state index contributed by atoms with van der Waals surface area (Å²) in [6.45, 7) is 1.71. The fourth-order valence-electron chi connectivity index (χ4n) is 3.21. The van der Waals surface area contributed by atoms with E-state index in [1.165, 1.54) is 56.7 Å². The summed E-state index contributed by atoms with van der Waals surface area (Å²) < 4.78 is 64.9. The number of sulfonamides is 1. The Morgan fingerprint density at radius 1 is 0.818 bits per heavy atom. The summed E-state index contributed by atoms with van der Waals surface area (Å²) >= 11 is 5.84. The summed E-state index contributed by atoms with van der Waals surface area (Å²) in [6.07, 6.45) is 0.384. The number of ether oxygens (including phenoxy) is 2. The minimum atomic E-state index is -3.96. The lowest BCUT2D eigenvalue weighted by atomic mass is 10.1. The van der Waals surface area contributed by atoms with Crippen molar-refractivity contribution in [3.05, 3.63) is 76.8 Å². The van der Waals surface area contributed by atoms with Gasteiger partial charge >= 0.3 is 0 Å². The highest BCUT2D eigenvalue weighted by atomic mass is 35.5. The number of methoxy groups -OCH3 is 2. The van der Waals surface area contributed by atoms with Crippen molar-refractivity contribution >= 4 is 31.5 Å². The third kappa shape index (κ3) is 5.86. The highest BCUT2D eigenvalue weighted by molar-refractivity contribution is 7.91. The lowest BCUT2D eigenvalue weighted by Crippen LogP contribution is -2.27. The third-order valence-electron chi connectivity index (χ3n) is 5.00. The van der Waals surface area contributed by atoms with Crippen molar-refractivity contribution in [3.8, 4) is 11.5 Å². The third-order valence-corrected chi connectivity index (χ3v) is 8.62. The molecular formula is C23H24ClNO6S2. The first kappa shape index (κ1) is 25.0. The topological polar surface area (TPSA) is 98.8 Å². The van der Waals surface area contributed by atoms with Gasteiger partial charge in [-0.05, 0) is 73.0 Å². The van der Waals surface area contributed by atoms with Crippen molar-refractivity contribution in [3.63, 3.8) is 0 Å². The van der Waals surface area contributed by atoms with Crippen molar-refractivity contribution in [2.75, 3.05) is 20.8 Å². The van der Waals surface area contributed by atoms with Crippen LogP contribution >= 0.6 is 11.6 Å². The maximum Gasteiger partial charge on any atom is 0.240 e. The molecule has 0 aromatic heterocycles. The van der Waals surface area contributed by atoms with E-state index in [2.05, 4.69) is 4.72 Å². The van der Waals surface area contributed by atoms with Gasteiger partial charge < -0.3 is 9.47 Å². The van der Waals surface area contributed by atoms with E-state index in [0.717, 1.165) is 5.56 Å². The maximum atomic E-state index is 13.0. The Morgan fingerprint density at radius 2 is 1.39 bits per heavy atom. The average molecular weight is 510 g/mol. The van der Waals surface area contributed by atoms with Crippen molar-refractivity contribution in [2.45, 2.75) is 28.0 Å². The van der Waals surface area contributed by atoms with Crippen molar-refractivity contribution in [1.29, 1.82) is 0 Å². The van der Waals surface area contributed by atoms with Crippen LogP contribution in [0.25, 0.3) is 0 Å². The zero-order valence-corrected chi connectivity index (χ0v) is 20.7. The van der Waals surface area contributed by atoms with Crippen LogP contribution in [0, 0.1) is 6.92 Å². The van der Waals surface area contributed by atoms with Crippen molar-refractivity contribution in [1.82, 2.24) is 4.72 Å². The Balaban J connectivity index is 1.83. The van der Waals surface area contributed by atoms with Gasteiger partial charge in [0.25, 0.3) is 0 Å². The molecule has 33 heavy (non-hydrogen) atoms. The van der Waals surface area contributed by atoms with E-state index < -0.39 is 19.9 Å². The van der Waals surface area contributed by atoms with Gasteiger partial charge in [-0.15, -0.1) is 0 Å². The van der Waals surface area contributed by atoms with Gasteiger partial charge in [-0.25, -0.2) is 21.6 Å². The van der Waals surface area contributed by atoms with Crippen LogP contribution in [0.5, 0.6) is 11.5 Å². The molecule has 0 saturated carbocycles. The van der Waals surface area contributed by atoms with Crippen LogP contribution in [0.1, 0.15) is 11.1 Å². The second-order valence-electron chi connectivity index (χ2n) is 7.25. The van der Waals surface area contributed by atoms with Crippen molar-refractivity contribution < 1.29 is 26.3 Å². The Morgan fingerprint density at radius 3 is 1.97 bits per heavy atom. The number of sulfone groups is 1. The molecule has 0 aliphatic rings. The molecular weight excluding hydrogens is 486 g/mol. The average Bonchev–Trinajstić information content (AvgIpc) is 2.79. The minimum absolute atomic E-state index is 0.0269. The normalized spacial score (nSPS) is 11.9. The van der Waals surface area contributed by atoms with E-state index in [1.54, 1.807) is 25.1 Å². The molecule has 176 valence electrons. The van der Waals surface area contributed by atoms with Crippen LogP contribution in [0.4, 0.5) is 0 Å². The molecule has 0 saturated heterocycles. The van der Waals surface area contributed by atoms with E-state index in [4.69, 9.17) is 21.1 Å². The van der Waals surface area contributed by atoms with Crippen LogP contribution < -0.4 is 14.2 Å². The summed E-state index contributed by atoms with van der Waals surface area (Å²) in [5.74, 6) is 1.20. The molecule has 0 bridgehead atoms. The molecule has 0 aliphatic heterocycles. The highest BCUT2D eigenvalue weighted by Crippen LogP contribution is 2.27. The smallest absolute Gasteiger partial charge is 0.240 e. The van der Waals surface area contributed by atoms with Gasteiger partial charge in [-0.1, -0.05) is 17.7 Å². The molecule has 10 heteroatoms. The molecule has 0 heterocycles. The zero-order chi connectivity index (χ0) is 24.2. The van der Waals surface area contributed by atoms with E-state index in [0.29, 0.717) is 28.5 Å². The van der Waals surface area contributed by atoms with Gasteiger partial charge in [-0.2, -0.15) is 0 Å². The number of hydrogen-bond donors (Lipinski definition) is 1. The maximum absolute atomic E-state index is 13.0. The zero-order valence-electron chi connectivity index (χ0n) is 18.3. The first-order chi connectivity index (χ1) is 15.6. The molecule has 7 nitrogen and oxygen atoms in total. The van der Waals surface area contributed by atoms with E-state index in [1.807, 2.05) is 0 Å². The summed E-state index contributed by atoms with van der Waals surface area (Å²) in [6, 6.07) is 15.1. The summed E-state index contributed by atoms with van der Waals surface area (Å²) in [4.78, 5) is -0.187. The number of rotatable bonds is 9. The fraction of sp³-hybridized carbons (Fsp3) is 0.217. The second kappa shape index (κ2) is 10.1. The summed E-state index contributed by atoms with van der Waals surface area (Å²) in [7, 11) is -4.80. The van der Waals surface area contributed by atoms with Crippen LogP contribution in [-0.4, -0.2) is 37.6 Å². The second-order valence-corrected chi connectivity index (χ2v) is 11.4. The van der Waals surface area contributed by atoms with E-state index in [9.17, 15) is 16.8 Å².